The summed E-state index contributed by atoms with van der Waals surface area (Å²) < 4.78 is 5.67. The highest BCUT2D eigenvalue weighted by molar-refractivity contribution is 6.13. The highest BCUT2D eigenvalue weighted by Crippen LogP contribution is 2.46. The van der Waals surface area contributed by atoms with Crippen LogP contribution in [0.4, 0.5) is 0 Å². The Morgan fingerprint density at radius 2 is 1.79 bits per heavy atom. The molecular formula is C29H36O5. The first kappa shape index (κ1) is 26.8. The Balaban J connectivity index is 2.78. The van der Waals surface area contributed by atoms with E-state index in [1.165, 1.54) is 31.4 Å². The van der Waals surface area contributed by atoms with Gasteiger partial charge in [-0.3, -0.25) is 4.79 Å². The number of hydrogen-bond donors (Lipinski definition) is 3. The summed E-state index contributed by atoms with van der Waals surface area (Å²) in [7, 11) is 1.48. The lowest BCUT2D eigenvalue weighted by atomic mass is 9.85. The predicted molar refractivity (Wildman–Crippen MR) is 138 cm³/mol. The Hall–Kier alpha value is -3.47. The molecule has 34 heavy (non-hydrogen) atoms. The second-order valence-electron chi connectivity index (χ2n) is 9.22. The predicted octanol–water partition coefficient (Wildman–Crippen LogP) is 6.80. The summed E-state index contributed by atoms with van der Waals surface area (Å²) >= 11 is 0. The number of ether oxygens (including phenoxy) is 1. The third kappa shape index (κ3) is 6.31. The van der Waals surface area contributed by atoms with E-state index in [-0.39, 0.29) is 40.2 Å². The monoisotopic (exact) mass is 464 g/mol. The van der Waals surface area contributed by atoms with Crippen LogP contribution in [0.15, 0.2) is 54.6 Å². The second kappa shape index (κ2) is 11.6. The number of hydrogen-bond acceptors (Lipinski definition) is 5. The van der Waals surface area contributed by atoms with Crippen LogP contribution in [-0.4, -0.2) is 28.2 Å². The van der Waals surface area contributed by atoms with Gasteiger partial charge in [0.2, 0.25) is 5.78 Å². The first-order valence-corrected chi connectivity index (χ1v) is 11.4. The van der Waals surface area contributed by atoms with E-state index < -0.39 is 5.78 Å². The van der Waals surface area contributed by atoms with Crippen LogP contribution in [0.5, 0.6) is 23.0 Å². The molecule has 0 aliphatic heterocycles. The molecule has 0 saturated heterocycles. The van der Waals surface area contributed by atoms with Crippen LogP contribution in [0, 0.1) is 11.8 Å². The Labute approximate surface area is 202 Å². The number of ketones is 1. The minimum atomic E-state index is -0.595. The minimum absolute atomic E-state index is 0.00620. The van der Waals surface area contributed by atoms with Gasteiger partial charge in [0.15, 0.2) is 0 Å². The molecule has 0 amide bonds. The van der Waals surface area contributed by atoms with Crippen molar-refractivity contribution in [2.75, 3.05) is 7.11 Å². The summed E-state index contributed by atoms with van der Waals surface area (Å²) in [4.78, 5) is 13.4. The minimum Gasteiger partial charge on any atom is -0.508 e. The Morgan fingerprint density at radius 3 is 2.32 bits per heavy atom. The van der Waals surface area contributed by atoms with Crippen molar-refractivity contribution in [3.63, 3.8) is 0 Å². The number of allylic oxidation sites excluding steroid dienone is 3. The van der Waals surface area contributed by atoms with Gasteiger partial charge in [-0.2, -0.15) is 0 Å². The maximum absolute atomic E-state index is 13.4. The van der Waals surface area contributed by atoms with Gasteiger partial charge in [0, 0.05) is 11.1 Å². The van der Waals surface area contributed by atoms with Gasteiger partial charge < -0.3 is 20.1 Å². The first-order valence-electron chi connectivity index (χ1n) is 11.4. The van der Waals surface area contributed by atoms with Crippen LogP contribution in [0.25, 0.3) is 6.08 Å². The van der Waals surface area contributed by atoms with Gasteiger partial charge in [-0.15, -0.1) is 6.58 Å². The van der Waals surface area contributed by atoms with Crippen molar-refractivity contribution in [2.45, 2.75) is 47.0 Å². The molecule has 1 atom stereocenters. The number of phenols is 3. The summed E-state index contributed by atoms with van der Waals surface area (Å²) in [5.41, 5.74) is 2.68. The fourth-order valence-electron chi connectivity index (χ4n) is 3.84. The van der Waals surface area contributed by atoms with Crippen molar-refractivity contribution in [1.82, 2.24) is 0 Å². The van der Waals surface area contributed by atoms with Gasteiger partial charge in [0.25, 0.3) is 0 Å². The fraction of sp³-hybridized carbons (Fsp3) is 0.345. The van der Waals surface area contributed by atoms with Gasteiger partial charge in [0.05, 0.1) is 12.7 Å². The molecule has 0 fully saturated rings. The SMILES string of the molecule is C=C(C)CC[C@H](Cc1c(O)c(C(=O)c2cccc(O)c2)c(O)c(C=CC(C)C)c1OC)C(=C)C. The summed E-state index contributed by atoms with van der Waals surface area (Å²) in [6.07, 6.45) is 5.55. The van der Waals surface area contributed by atoms with Crippen LogP contribution in [0.2, 0.25) is 0 Å². The molecule has 0 bridgehead atoms. The number of carbonyl (C=O) groups is 1. The molecular weight excluding hydrogens is 428 g/mol. The zero-order valence-corrected chi connectivity index (χ0v) is 20.8. The normalized spacial score (nSPS) is 12.2. The molecule has 0 saturated carbocycles. The molecule has 2 rings (SSSR count). The number of carbonyl (C=O) groups excluding carboxylic acids is 1. The number of methoxy groups -OCH3 is 1. The molecule has 2 aromatic rings. The molecule has 0 radical (unpaired) electrons. The molecule has 5 heteroatoms. The molecule has 0 spiro atoms. The third-order valence-corrected chi connectivity index (χ3v) is 5.79. The van der Waals surface area contributed by atoms with Crippen LogP contribution in [0.1, 0.15) is 67.6 Å². The lowest BCUT2D eigenvalue weighted by Crippen LogP contribution is -2.11. The number of benzene rings is 2. The van der Waals surface area contributed by atoms with Gasteiger partial charge in [-0.05, 0) is 57.1 Å². The number of aromatic hydroxyl groups is 3. The van der Waals surface area contributed by atoms with Crippen LogP contribution in [-0.2, 0) is 6.42 Å². The third-order valence-electron chi connectivity index (χ3n) is 5.79. The highest BCUT2D eigenvalue weighted by atomic mass is 16.5. The summed E-state index contributed by atoms with van der Waals surface area (Å²) in [6, 6.07) is 5.82. The van der Waals surface area contributed by atoms with Crippen molar-refractivity contribution >= 4 is 11.9 Å². The van der Waals surface area contributed by atoms with Crippen molar-refractivity contribution < 1.29 is 24.9 Å². The molecule has 0 aromatic heterocycles. The van der Waals surface area contributed by atoms with Crippen molar-refractivity contribution in [1.29, 1.82) is 0 Å². The molecule has 3 N–H and O–H groups in total. The molecule has 2 aromatic carbocycles. The Bertz CT molecular complexity index is 1110. The smallest absolute Gasteiger partial charge is 0.200 e. The van der Waals surface area contributed by atoms with E-state index >= 15 is 0 Å². The molecule has 0 aliphatic carbocycles. The lowest BCUT2D eigenvalue weighted by molar-refractivity contribution is 0.103. The Kier molecular flexibility index (Phi) is 9.13. The molecule has 0 heterocycles. The average molecular weight is 465 g/mol. The maximum Gasteiger partial charge on any atom is 0.200 e. The standard InChI is InChI=1S/C29H36O5/c1-17(2)11-13-20(19(5)6)16-24-28(33)25(26(31)21-9-8-10-22(30)15-21)27(32)23(29(24)34-7)14-12-18(3)4/h8-10,12,14-15,18,20,30,32-33H,1,5,11,13,16H2,2-4,6-7H3/t20-/m1/s1. The molecule has 0 aliphatic rings. The van der Waals surface area contributed by atoms with Crippen LogP contribution < -0.4 is 4.74 Å². The van der Waals surface area contributed by atoms with Gasteiger partial charge in [-0.1, -0.05) is 55.9 Å². The number of rotatable bonds is 11. The van der Waals surface area contributed by atoms with E-state index in [0.717, 1.165) is 24.0 Å². The van der Waals surface area contributed by atoms with Crippen molar-refractivity contribution in [2.24, 2.45) is 11.8 Å². The first-order chi connectivity index (χ1) is 16.0. The summed E-state index contributed by atoms with van der Waals surface area (Å²) in [5.74, 6) is -0.857. The number of phenolic OH excluding ortho intramolecular Hbond substituents is 3. The molecule has 182 valence electrons. The zero-order chi connectivity index (χ0) is 25.6. The van der Waals surface area contributed by atoms with Crippen LogP contribution >= 0.6 is 0 Å². The van der Waals surface area contributed by atoms with Crippen LogP contribution in [0.3, 0.4) is 0 Å². The Morgan fingerprint density at radius 1 is 1.12 bits per heavy atom. The highest BCUT2D eigenvalue weighted by Gasteiger charge is 2.29. The van der Waals surface area contributed by atoms with E-state index in [1.807, 2.05) is 33.8 Å². The topological polar surface area (TPSA) is 87.0 Å². The second-order valence-corrected chi connectivity index (χ2v) is 9.22. The molecule has 5 nitrogen and oxygen atoms in total. The maximum atomic E-state index is 13.4. The van der Waals surface area contributed by atoms with Gasteiger partial charge in [-0.25, -0.2) is 0 Å². The average Bonchev–Trinajstić information content (AvgIpc) is 2.76. The zero-order valence-electron chi connectivity index (χ0n) is 20.8. The lowest BCUT2D eigenvalue weighted by Gasteiger charge is -2.23. The fourth-order valence-corrected chi connectivity index (χ4v) is 3.84. The largest absolute Gasteiger partial charge is 0.508 e. The van der Waals surface area contributed by atoms with Gasteiger partial charge >= 0.3 is 0 Å². The van der Waals surface area contributed by atoms with Crippen molar-refractivity contribution in [3.05, 3.63) is 76.9 Å². The molecule has 0 unspecified atom stereocenters. The van der Waals surface area contributed by atoms with E-state index in [4.69, 9.17) is 4.74 Å². The van der Waals surface area contributed by atoms with E-state index in [0.29, 0.717) is 23.3 Å². The van der Waals surface area contributed by atoms with Crippen molar-refractivity contribution in [3.8, 4) is 23.0 Å². The quantitative estimate of drug-likeness (QED) is 0.251. The van der Waals surface area contributed by atoms with E-state index in [9.17, 15) is 20.1 Å². The van der Waals surface area contributed by atoms with Gasteiger partial charge in [0.1, 0.15) is 28.6 Å². The summed E-state index contributed by atoms with van der Waals surface area (Å²) in [6.45, 7) is 16.0. The van der Waals surface area contributed by atoms with E-state index in [2.05, 4.69) is 13.2 Å². The van der Waals surface area contributed by atoms with E-state index in [1.54, 1.807) is 6.08 Å². The summed E-state index contributed by atoms with van der Waals surface area (Å²) in [5, 5.41) is 32.3.